The summed E-state index contributed by atoms with van der Waals surface area (Å²) in [7, 11) is 0. The minimum Gasteiger partial charge on any atom is -0.508 e. The van der Waals surface area contributed by atoms with Gasteiger partial charge in [0, 0.05) is 31.3 Å². The molecule has 2 heterocycles. The van der Waals surface area contributed by atoms with E-state index in [2.05, 4.69) is 20.6 Å². The van der Waals surface area contributed by atoms with Gasteiger partial charge >= 0.3 is 11.9 Å². The maximum absolute atomic E-state index is 13.6. The number of nitrogens with zero attached hydrogens (tertiary/aromatic N) is 2. The largest absolute Gasteiger partial charge is 0.508 e. The van der Waals surface area contributed by atoms with Crippen LogP contribution < -0.4 is 16.4 Å². The van der Waals surface area contributed by atoms with Gasteiger partial charge in [0.15, 0.2) is 0 Å². The Bertz CT molecular complexity index is 1150. The first kappa shape index (κ1) is 28.1. The molecular weight excluding hydrogens is 500 g/mol. The second kappa shape index (κ2) is 12.7. The minimum absolute atomic E-state index is 0.00327. The third-order valence-corrected chi connectivity index (χ3v) is 6.15. The average Bonchev–Trinajstić information content (AvgIpc) is 3.56. The minimum atomic E-state index is -1.40. The molecule has 14 nitrogen and oxygen atoms in total. The van der Waals surface area contributed by atoms with Gasteiger partial charge in [-0.2, -0.15) is 0 Å². The van der Waals surface area contributed by atoms with Crippen molar-refractivity contribution in [2.24, 2.45) is 5.73 Å². The number of amides is 3. The van der Waals surface area contributed by atoms with Gasteiger partial charge in [-0.25, -0.2) is 9.78 Å². The SMILES string of the molecule is NC(CC(=O)O)C(=O)NC(Cc1ccc(O)cc1)C(=O)N1CCCC1C(=O)NC(Cc1cnc[nH]1)C(=O)O. The fraction of sp³-hybridized carbons (Fsp3) is 0.417. The van der Waals surface area contributed by atoms with Crippen molar-refractivity contribution in [2.75, 3.05) is 6.54 Å². The van der Waals surface area contributed by atoms with E-state index in [4.69, 9.17) is 10.8 Å². The number of nitrogens with one attached hydrogen (secondary N) is 3. The number of hydrogen-bond acceptors (Lipinski definition) is 8. The third kappa shape index (κ3) is 7.52. The molecule has 8 N–H and O–H groups in total. The van der Waals surface area contributed by atoms with Crippen molar-refractivity contribution in [3.05, 3.63) is 48.0 Å². The van der Waals surface area contributed by atoms with Gasteiger partial charge in [0.1, 0.15) is 23.9 Å². The van der Waals surface area contributed by atoms with Gasteiger partial charge in [-0.15, -0.1) is 0 Å². The number of phenols is 1. The van der Waals surface area contributed by atoms with Crippen LogP contribution in [0.1, 0.15) is 30.5 Å². The van der Waals surface area contributed by atoms with Crippen molar-refractivity contribution in [1.82, 2.24) is 25.5 Å². The summed E-state index contributed by atoms with van der Waals surface area (Å²) in [6.07, 6.45) is 2.88. The standard InChI is InChI=1S/C24H30N6O8/c25-16(10-20(32)33)21(34)28-17(8-13-3-5-15(31)6-4-13)23(36)30-7-1-2-19(30)22(35)29-18(24(37)38)9-14-11-26-12-27-14/h3-6,11-12,16-19,31H,1-2,7-10,25H2,(H,26,27)(H,28,34)(H,29,35)(H,32,33)(H,37,38). The fourth-order valence-corrected chi connectivity index (χ4v) is 4.21. The van der Waals surface area contributed by atoms with E-state index in [-0.39, 0.29) is 31.6 Å². The van der Waals surface area contributed by atoms with Crippen molar-refractivity contribution >= 4 is 29.7 Å². The molecule has 38 heavy (non-hydrogen) atoms. The first-order chi connectivity index (χ1) is 18.0. The van der Waals surface area contributed by atoms with Crippen LogP contribution in [0.5, 0.6) is 5.75 Å². The highest BCUT2D eigenvalue weighted by Crippen LogP contribution is 2.21. The number of nitrogens with two attached hydrogens (primary N) is 1. The molecule has 1 aromatic carbocycles. The van der Waals surface area contributed by atoms with E-state index >= 15 is 0 Å². The number of carbonyl (C=O) groups excluding carboxylic acids is 3. The number of aromatic nitrogens is 2. The van der Waals surface area contributed by atoms with E-state index in [0.29, 0.717) is 17.7 Å². The van der Waals surface area contributed by atoms with Gasteiger partial charge in [-0.1, -0.05) is 12.1 Å². The maximum atomic E-state index is 13.6. The summed E-state index contributed by atoms with van der Waals surface area (Å²) < 4.78 is 0. The first-order valence-corrected chi connectivity index (χ1v) is 11.9. The number of aromatic hydroxyl groups is 1. The van der Waals surface area contributed by atoms with Gasteiger partial charge in [-0.05, 0) is 30.5 Å². The molecule has 1 fully saturated rings. The molecule has 1 aliphatic heterocycles. The second-order valence-corrected chi connectivity index (χ2v) is 9.01. The van der Waals surface area contributed by atoms with Crippen LogP contribution in [0.15, 0.2) is 36.8 Å². The molecule has 0 bridgehead atoms. The molecule has 0 saturated carbocycles. The van der Waals surface area contributed by atoms with Crippen LogP contribution in [0.3, 0.4) is 0 Å². The summed E-state index contributed by atoms with van der Waals surface area (Å²) >= 11 is 0. The van der Waals surface area contributed by atoms with Gasteiger partial charge in [-0.3, -0.25) is 19.2 Å². The maximum Gasteiger partial charge on any atom is 0.326 e. The molecule has 2 aromatic rings. The molecule has 1 saturated heterocycles. The lowest BCUT2D eigenvalue weighted by Gasteiger charge is -2.30. The Hall–Kier alpha value is -4.46. The van der Waals surface area contributed by atoms with Crippen LogP contribution in [0.2, 0.25) is 0 Å². The van der Waals surface area contributed by atoms with Crippen LogP contribution in [-0.2, 0) is 36.8 Å². The molecule has 0 aliphatic carbocycles. The van der Waals surface area contributed by atoms with Gasteiger partial charge in [0.2, 0.25) is 17.7 Å². The summed E-state index contributed by atoms with van der Waals surface area (Å²) in [6.45, 7) is 0.193. The normalized spacial score (nSPS) is 17.3. The molecule has 1 aromatic heterocycles. The van der Waals surface area contributed by atoms with Gasteiger partial charge in [0.25, 0.3) is 0 Å². The molecule has 14 heteroatoms. The van der Waals surface area contributed by atoms with E-state index in [1.807, 2.05) is 0 Å². The van der Waals surface area contributed by atoms with Crippen molar-refractivity contribution in [3.8, 4) is 5.75 Å². The summed E-state index contributed by atoms with van der Waals surface area (Å²) in [5.74, 6) is -4.65. The topological polar surface area (TPSA) is 228 Å². The third-order valence-electron chi connectivity index (χ3n) is 6.15. The predicted molar refractivity (Wildman–Crippen MR) is 131 cm³/mol. The zero-order chi connectivity index (χ0) is 27.8. The Labute approximate surface area is 217 Å². The number of carbonyl (C=O) groups is 5. The summed E-state index contributed by atoms with van der Waals surface area (Å²) in [4.78, 5) is 69.8. The highest BCUT2D eigenvalue weighted by Gasteiger charge is 2.39. The van der Waals surface area contributed by atoms with Crippen LogP contribution in [0.4, 0.5) is 0 Å². The molecule has 3 rings (SSSR count). The molecule has 4 atom stereocenters. The highest BCUT2D eigenvalue weighted by molar-refractivity contribution is 5.95. The number of likely N-dealkylation sites (tertiary alicyclic amines) is 1. The lowest BCUT2D eigenvalue weighted by molar-refractivity contribution is -0.145. The average molecular weight is 531 g/mol. The van der Waals surface area contributed by atoms with E-state index in [9.17, 15) is 34.2 Å². The lowest BCUT2D eigenvalue weighted by Crippen LogP contribution is -2.57. The van der Waals surface area contributed by atoms with Crippen LogP contribution in [0, 0.1) is 0 Å². The van der Waals surface area contributed by atoms with Gasteiger partial charge < -0.3 is 41.6 Å². The van der Waals surface area contributed by atoms with E-state index in [1.165, 1.54) is 29.6 Å². The number of imidazole rings is 1. The second-order valence-electron chi connectivity index (χ2n) is 9.01. The first-order valence-electron chi connectivity index (χ1n) is 11.9. The highest BCUT2D eigenvalue weighted by atomic mass is 16.4. The quantitative estimate of drug-likeness (QED) is 0.172. The number of carboxylic acid groups (broad SMARTS) is 2. The Kier molecular flexibility index (Phi) is 9.38. The smallest absolute Gasteiger partial charge is 0.326 e. The molecule has 0 radical (unpaired) electrons. The Balaban J connectivity index is 1.77. The van der Waals surface area contributed by atoms with Crippen molar-refractivity contribution < 1.29 is 39.3 Å². The number of aliphatic carboxylic acids is 2. The number of rotatable bonds is 12. The molecular formula is C24H30N6O8. The van der Waals surface area contributed by atoms with Gasteiger partial charge in [0.05, 0.1) is 18.8 Å². The Morgan fingerprint density at radius 1 is 1.08 bits per heavy atom. The van der Waals surface area contributed by atoms with Crippen molar-refractivity contribution in [3.63, 3.8) is 0 Å². The molecule has 3 amide bonds. The van der Waals surface area contributed by atoms with Crippen molar-refractivity contribution in [1.29, 1.82) is 0 Å². The van der Waals surface area contributed by atoms with Crippen LogP contribution in [-0.4, -0.2) is 90.6 Å². The number of aromatic amines is 1. The molecule has 204 valence electrons. The Morgan fingerprint density at radius 3 is 2.39 bits per heavy atom. The number of carboxylic acids is 2. The number of phenolic OH excluding ortho intramolecular Hbond substituents is 1. The number of H-pyrrole nitrogens is 1. The molecule has 0 spiro atoms. The summed E-state index contributed by atoms with van der Waals surface area (Å²) in [5, 5.41) is 33.0. The Morgan fingerprint density at radius 2 is 1.79 bits per heavy atom. The van der Waals surface area contributed by atoms with E-state index in [1.54, 1.807) is 12.1 Å². The van der Waals surface area contributed by atoms with Crippen LogP contribution >= 0.6 is 0 Å². The zero-order valence-electron chi connectivity index (χ0n) is 20.4. The molecule has 4 unspecified atom stereocenters. The predicted octanol–water partition coefficient (Wildman–Crippen LogP) is -1.25. The fourth-order valence-electron chi connectivity index (χ4n) is 4.21. The number of hydrogen-bond donors (Lipinski definition) is 7. The number of benzene rings is 1. The molecule has 1 aliphatic rings. The van der Waals surface area contributed by atoms with Crippen molar-refractivity contribution in [2.45, 2.75) is 56.3 Å². The summed E-state index contributed by atoms with van der Waals surface area (Å²) in [5.41, 5.74) is 6.76. The van der Waals surface area contributed by atoms with Crippen LogP contribution in [0.25, 0.3) is 0 Å². The van der Waals surface area contributed by atoms with E-state index in [0.717, 1.165) is 0 Å². The van der Waals surface area contributed by atoms with E-state index < -0.39 is 60.2 Å². The zero-order valence-corrected chi connectivity index (χ0v) is 20.4. The monoisotopic (exact) mass is 530 g/mol. The lowest BCUT2D eigenvalue weighted by atomic mass is 10.0. The summed E-state index contributed by atoms with van der Waals surface area (Å²) in [6, 6.07) is 1.10.